The molecule has 1 aliphatic carbocycles. The number of nitrogens with zero attached hydrogens (tertiary/aromatic N) is 2. The third kappa shape index (κ3) is 0.876. The lowest BCUT2D eigenvalue weighted by Gasteiger charge is -1.97. The maximum Gasteiger partial charge on any atom is 0.129 e. The van der Waals surface area contributed by atoms with E-state index in [9.17, 15) is 4.39 Å². The summed E-state index contributed by atoms with van der Waals surface area (Å²) in [7, 11) is 1.79. The molecule has 1 N–H and O–H groups in total. The maximum absolute atomic E-state index is 13.2. The number of aryl methyl sites for hydroxylation is 1. The summed E-state index contributed by atoms with van der Waals surface area (Å²) in [5.74, 6) is 0. The second-order valence-electron chi connectivity index (χ2n) is 3.09. The summed E-state index contributed by atoms with van der Waals surface area (Å²) in [6.45, 7) is -0.163. The highest BCUT2D eigenvalue weighted by atomic mass is 19.1. The molecule has 3 nitrogen and oxygen atoms in total. The van der Waals surface area contributed by atoms with Crippen molar-refractivity contribution in [1.82, 2.24) is 9.78 Å². The monoisotopic (exact) mass is 170 g/mol. The molecule has 1 aliphatic rings. The van der Waals surface area contributed by atoms with Crippen molar-refractivity contribution in [2.75, 3.05) is 0 Å². The average Bonchev–Trinajstić information content (AvgIpc) is 2.56. The Morgan fingerprint density at radius 3 is 3.17 bits per heavy atom. The molecule has 0 aromatic carbocycles. The van der Waals surface area contributed by atoms with Gasteiger partial charge in [-0.25, -0.2) is 4.39 Å². The average molecular weight is 170 g/mol. The van der Waals surface area contributed by atoms with E-state index < -0.39 is 6.17 Å². The van der Waals surface area contributed by atoms with Crippen LogP contribution in [0.2, 0.25) is 0 Å². The van der Waals surface area contributed by atoms with Crippen LogP contribution in [0.5, 0.6) is 0 Å². The lowest BCUT2D eigenvalue weighted by molar-refractivity contribution is 0.267. The first-order chi connectivity index (χ1) is 5.74. The fraction of sp³-hybridized carbons (Fsp3) is 0.625. The molecular formula is C8H11FN2O. The van der Waals surface area contributed by atoms with Crippen LogP contribution in [0.3, 0.4) is 0 Å². The smallest absolute Gasteiger partial charge is 0.129 e. The van der Waals surface area contributed by atoms with Crippen LogP contribution in [0.1, 0.15) is 29.5 Å². The highest BCUT2D eigenvalue weighted by molar-refractivity contribution is 5.32. The molecule has 0 aliphatic heterocycles. The normalized spacial score (nSPS) is 21.4. The fourth-order valence-corrected chi connectivity index (χ4v) is 1.82. The van der Waals surface area contributed by atoms with Gasteiger partial charge in [0.05, 0.1) is 12.3 Å². The summed E-state index contributed by atoms with van der Waals surface area (Å²) in [6.07, 6.45) is 0.351. The zero-order valence-electron chi connectivity index (χ0n) is 6.92. The van der Waals surface area contributed by atoms with Crippen LogP contribution in [0.4, 0.5) is 4.39 Å². The number of halogens is 1. The number of hydrogen-bond acceptors (Lipinski definition) is 2. The van der Waals surface area contributed by atoms with Gasteiger partial charge in [0.1, 0.15) is 6.17 Å². The minimum Gasteiger partial charge on any atom is -0.390 e. The Bertz CT molecular complexity index is 308. The third-order valence-electron chi connectivity index (χ3n) is 2.38. The molecule has 1 unspecified atom stereocenters. The molecule has 1 aromatic rings. The van der Waals surface area contributed by atoms with E-state index in [1.807, 2.05) is 0 Å². The lowest BCUT2D eigenvalue weighted by atomic mass is 10.2. The van der Waals surface area contributed by atoms with Crippen molar-refractivity contribution in [3.63, 3.8) is 0 Å². The van der Waals surface area contributed by atoms with Crippen molar-refractivity contribution in [2.45, 2.75) is 25.6 Å². The van der Waals surface area contributed by atoms with Crippen LogP contribution >= 0.6 is 0 Å². The van der Waals surface area contributed by atoms with Crippen molar-refractivity contribution < 1.29 is 9.50 Å². The summed E-state index contributed by atoms with van der Waals surface area (Å²) in [5, 5.41) is 12.9. The Hall–Kier alpha value is -0.900. The van der Waals surface area contributed by atoms with E-state index in [4.69, 9.17) is 5.11 Å². The minimum absolute atomic E-state index is 0.163. The minimum atomic E-state index is -0.921. The van der Waals surface area contributed by atoms with E-state index in [2.05, 4.69) is 5.10 Å². The number of fused-ring (bicyclic) bond motifs is 1. The Balaban J connectivity index is 2.54. The molecule has 0 amide bonds. The Labute approximate surface area is 69.8 Å². The molecule has 0 saturated carbocycles. The topological polar surface area (TPSA) is 38.0 Å². The van der Waals surface area contributed by atoms with Gasteiger partial charge in [-0.3, -0.25) is 4.68 Å². The maximum atomic E-state index is 13.2. The highest BCUT2D eigenvalue weighted by Crippen LogP contribution is 2.35. The van der Waals surface area contributed by atoms with E-state index in [0.29, 0.717) is 17.7 Å². The zero-order chi connectivity index (χ0) is 8.72. The Kier molecular flexibility index (Phi) is 1.65. The van der Waals surface area contributed by atoms with Gasteiger partial charge >= 0.3 is 0 Å². The van der Waals surface area contributed by atoms with Crippen molar-refractivity contribution in [3.05, 3.63) is 17.0 Å². The number of rotatable bonds is 1. The van der Waals surface area contributed by atoms with E-state index in [1.165, 1.54) is 0 Å². The summed E-state index contributed by atoms with van der Waals surface area (Å²) >= 11 is 0. The van der Waals surface area contributed by atoms with Crippen LogP contribution in [0.25, 0.3) is 0 Å². The van der Waals surface area contributed by atoms with Crippen LogP contribution in [0, 0.1) is 0 Å². The molecule has 0 fully saturated rings. The largest absolute Gasteiger partial charge is 0.390 e. The molecular weight excluding hydrogens is 159 g/mol. The molecule has 4 heteroatoms. The van der Waals surface area contributed by atoms with Gasteiger partial charge in [-0.1, -0.05) is 0 Å². The van der Waals surface area contributed by atoms with Gasteiger partial charge in [0.15, 0.2) is 0 Å². The van der Waals surface area contributed by atoms with Gasteiger partial charge in [-0.05, 0) is 12.8 Å². The van der Waals surface area contributed by atoms with E-state index in [1.54, 1.807) is 11.7 Å². The van der Waals surface area contributed by atoms with E-state index >= 15 is 0 Å². The first kappa shape index (κ1) is 7.73. The summed E-state index contributed by atoms with van der Waals surface area (Å²) in [5.41, 5.74) is 2.06. The Morgan fingerprint density at radius 1 is 1.75 bits per heavy atom. The van der Waals surface area contributed by atoms with Crippen LogP contribution in [-0.2, 0) is 20.1 Å². The van der Waals surface area contributed by atoms with E-state index in [-0.39, 0.29) is 6.61 Å². The predicted molar refractivity (Wildman–Crippen MR) is 41.3 cm³/mol. The molecule has 1 heterocycles. The van der Waals surface area contributed by atoms with Crippen molar-refractivity contribution >= 4 is 0 Å². The van der Waals surface area contributed by atoms with Crippen LogP contribution in [-0.4, -0.2) is 14.9 Å². The van der Waals surface area contributed by atoms with Crippen molar-refractivity contribution in [2.24, 2.45) is 7.05 Å². The second-order valence-corrected chi connectivity index (χ2v) is 3.09. The number of hydrogen-bond donors (Lipinski definition) is 1. The molecule has 1 atom stereocenters. The standard InChI is InChI=1S/C8H11FN2O/c1-11-7-3-2-5(9)8(7)6(4-12)10-11/h5,12H,2-4H2,1H3. The van der Waals surface area contributed by atoms with Crippen molar-refractivity contribution in [1.29, 1.82) is 0 Å². The number of alkyl halides is 1. The molecule has 0 spiro atoms. The fourth-order valence-electron chi connectivity index (χ4n) is 1.82. The third-order valence-corrected chi connectivity index (χ3v) is 2.38. The summed E-state index contributed by atoms with van der Waals surface area (Å²) in [4.78, 5) is 0. The Morgan fingerprint density at radius 2 is 2.50 bits per heavy atom. The van der Waals surface area contributed by atoms with Gasteiger partial charge < -0.3 is 5.11 Å². The zero-order valence-corrected chi connectivity index (χ0v) is 6.92. The number of aliphatic hydroxyl groups excluding tert-OH is 1. The lowest BCUT2D eigenvalue weighted by Crippen LogP contribution is -1.97. The van der Waals surface area contributed by atoms with Crippen molar-refractivity contribution in [3.8, 4) is 0 Å². The van der Waals surface area contributed by atoms with Gasteiger partial charge in [-0.2, -0.15) is 5.10 Å². The molecule has 0 bridgehead atoms. The number of aromatic nitrogens is 2. The van der Waals surface area contributed by atoms with Gasteiger partial charge in [0.2, 0.25) is 0 Å². The van der Waals surface area contributed by atoms with Gasteiger partial charge in [-0.15, -0.1) is 0 Å². The number of aliphatic hydroxyl groups is 1. The molecule has 1 aromatic heterocycles. The van der Waals surface area contributed by atoms with Crippen LogP contribution < -0.4 is 0 Å². The molecule has 12 heavy (non-hydrogen) atoms. The van der Waals surface area contributed by atoms with Gasteiger partial charge in [0.25, 0.3) is 0 Å². The first-order valence-corrected chi connectivity index (χ1v) is 4.03. The quantitative estimate of drug-likeness (QED) is 0.679. The molecule has 2 rings (SSSR count). The molecule has 66 valence electrons. The molecule has 0 radical (unpaired) electrons. The second kappa shape index (κ2) is 2.55. The van der Waals surface area contributed by atoms with Crippen LogP contribution in [0.15, 0.2) is 0 Å². The van der Waals surface area contributed by atoms with Gasteiger partial charge in [0, 0.05) is 18.3 Å². The SMILES string of the molecule is Cn1nc(CO)c2c1CCC2F. The van der Waals surface area contributed by atoms with E-state index in [0.717, 1.165) is 12.1 Å². The first-order valence-electron chi connectivity index (χ1n) is 4.03. The predicted octanol–water partition coefficient (Wildman–Crippen LogP) is 0.869. The molecule has 0 saturated heterocycles. The highest BCUT2D eigenvalue weighted by Gasteiger charge is 2.29. The summed E-state index contributed by atoms with van der Waals surface area (Å²) < 4.78 is 14.9. The summed E-state index contributed by atoms with van der Waals surface area (Å²) in [6, 6.07) is 0.